The van der Waals surface area contributed by atoms with Gasteiger partial charge in [-0.2, -0.15) is 13.2 Å². The maximum atomic E-state index is 12.6. The van der Waals surface area contributed by atoms with Gasteiger partial charge in [0.25, 0.3) is 5.91 Å². The number of carbonyl (C=O) groups excluding carboxylic acids is 1. The van der Waals surface area contributed by atoms with Crippen LogP contribution in [0, 0.1) is 5.92 Å². The first kappa shape index (κ1) is 17.6. The molecule has 1 saturated carbocycles. The molecule has 1 aromatic carbocycles. The van der Waals surface area contributed by atoms with Gasteiger partial charge in [-0.05, 0) is 49.8 Å². The van der Waals surface area contributed by atoms with Crippen molar-refractivity contribution >= 4 is 5.91 Å². The van der Waals surface area contributed by atoms with E-state index in [0.717, 1.165) is 37.8 Å². The third-order valence-corrected chi connectivity index (χ3v) is 4.45. The van der Waals surface area contributed by atoms with E-state index in [4.69, 9.17) is 4.74 Å². The summed E-state index contributed by atoms with van der Waals surface area (Å²) in [6.07, 6.45) is -0.299. The maximum absolute atomic E-state index is 12.6. The summed E-state index contributed by atoms with van der Waals surface area (Å²) in [6, 6.07) is 4.78. The average Bonchev–Trinajstić information content (AvgIpc) is 2.52. The Morgan fingerprint density at radius 1 is 1.26 bits per heavy atom. The highest BCUT2D eigenvalue weighted by molar-refractivity contribution is 5.77. The van der Waals surface area contributed by atoms with Gasteiger partial charge >= 0.3 is 6.18 Å². The minimum atomic E-state index is -4.42. The second-order valence-corrected chi connectivity index (χ2v) is 6.23. The molecule has 2 rings (SSSR count). The van der Waals surface area contributed by atoms with E-state index in [1.54, 1.807) is 11.9 Å². The lowest BCUT2D eigenvalue weighted by atomic mass is 9.87. The highest BCUT2D eigenvalue weighted by atomic mass is 19.4. The number of rotatable bonds is 4. The summed E-state index contributed by atoms with van der Waals surface area (Å²) < 4.78 is 43.2. The van der Waals surface area contributed by atoms with Crippen LogP contribution in [-0.2, 0) is 11.0 Å². The molecule has 0 bridgehead atoms. The van der Waals surface area contributed by atoms with Gasteiger partial charge in [0.15, 0.2) is 6.61 Å². The van der Waals surface area contributed by atoms with E-state index in [1.807, 2.05) is 0 Å². The van der Waals surface area contributed by atoms with E-state index in [9.17, 15) is 18.0 Å². The zero-order valence-electron chi connectivity index (χ0n) is 13.4. The van der Waals surface area contributed by atoms with Gasteiger partial charge in [0, 0.05) is 13.1 Å². The monoisotopic (exact) mass is 329 g/mol. The van der Waals surface area contributed by atoms with Gasteiger partial charge < -0.3 is 9.64 Å². The first-order chi connectivity index (χ1) is 10.8. The molecule has 0 aromatic heterocycles. The lowest BCUT2D eigenvalue weighted by Gasteiger charge is -2.33. The predicted molar refractivity (Wildman–Crippen MR) is 81.1 cm³/mol. The highest BCUT2D eigenvalue weighted by Gasteiger charge is 2.30. The molecule has 0 N–H and O–H groups in total. The molecular weight excluding hydrogens is 307 g/mol. The predicted octanol–water partition coefficient (Wildman–Crippen LogP) is 4.12. The third-order valence-electron chi connectivity index (χ3n) is 4.45. The van der Waals surface area contributed by atoms with Gasteiger partial charge in [-0.1, -0.05) is 13.0 Å². The second-order valence-electron chi connectivity index (χ2n) is 6.23. The zero-order chi connectivity index (χ0) is 17.0. The first-order valence-corrected chi connectivity index (χ1v) is 7.83. The van der Waals surface area contributed by atoms with Gasteiger partial charge in [-0.25, -0.2) is 0 Å². The number of alkyl halides is 3. The minimum Gasteiger partial charge on any atom is -0.484 e. The quantitative estimate of drug-likeness (QED) is 0.831. The van der Waals surface area contributed by atoms with E-state index in [1.165, 1.54) is 12.1 Å². The van der Waals surface area contributed by atoms with Crippen LogP contribution >= 0.6 is 0 Å². The minimum absolute atomic E-state index is 0.0545. The standard InChI is InChI=1S/C17H22F3NO2/c1-12-6-8-14(9-7-12)21(2)16(22)11-23-15-5-3-4-13(10-15)17(18,19)20/h3-5,10,12,14H,6-9,11H2,1-2H3. The molecule has 6 heteroatoms. The Labute approximate surface area is 134 Å². The molecule has 1 amide bonds. The lowest BCUT2D eigenvalue weighted by molar-refractivity contribution is -0.137. The fourth-order valence-corrected chi connectivity index (χ4v) is 2.84. The van der Waals surface area contributed by atoms with E-state index in [2.05, 4.69) is 6.92 Å². The third kappa shape index (κ3) is 4.88. The number of hydrogen-bond acceptors (Lipinski definition) is 2. The van der Waals surface area contributed by atoms with Crippen LogP contribution < -0.4 is 4.74 Å². The van der Waals surface area contributed by atoms with Crippen LogP contribution in [0.5, 0.6) is 5.75 Å². The molecule has 1 aliphatic rings. The molecule has 1 aliphatic carbocycles. The molecule has 0 aliphatic heterocycles. The summed E-state index contributed by atoms with van der Waals surface area (Å²) in [7, 11) is 1.73. The molecule has 1 aromatic rings. The Bertz CT molecular complexity index is 537. The SMILES string of the molecule is CC1CCC(N(C)C(=O)COc2cccc(C(F)(F)F)c2)CC1. The fourth-order valence-electron chi connectivity index (χ4n) is 2.84. The van der Waals surface area contributed by atoms with Crippen LogP contribution in [0.1, 0.15) is 38.2 Å². The molecule has 3 nitrogen and oxygen atoms in total. The Hall–Kier alpha value is -1.72. The summed E-state index contributed by atoms with van der Waals surface area (Å²) >= 11 is 0. The fraction of sp³-hybridized carbons (Fsp3) is 0.588. The topological polar surface area (TPSA) is 29.5 Å². The van der Waals surface area contributed by atoms with Gasteiger partial charge in [-0.3, -0.25) is 4.79 Å². The van der Waals surface area contributed by atoms with Crippen LogP contribution in [0.3, 0.4) is 0 Å². The first-order valence-electron chi connectivity index (χ1n) is 7.83. The number of halogens is 3. The number of nitrogens with zero attached hydrogens (tertiary/aromatic N) is 1. The molecule has 0 radical (unpaired) electrons. The van der Waals surface area contributed by atoms with Crippen molar-refractivity contribution in [3.8, 4) is 5.75 Å². The molecule has 1 fully saturated rings. The Kier molecular flexibility index (Phi) is 5.55. The van der Waals surface area contributed by atoms with Gasteiger partial charge in [0.1, 0.15) is 5.75 Å². The molecular formula is C17H22F3NO2. The van der Waals surface area contributed by atoms with Gasteiger partial charge in [0.2, 0.25) is 0 Å². The van der Waals surface area contributed by atoms with Crippen molar-refractivity contribution in [1.29, 1.82) is 0 Å². The van der Waals surface area contributed by atoms with Gasteiger partial charge in [-0.15, -0.1) is 0 Å². The number of amides is 1. The molecule has 0 atom stereocenters. The smallest absolute Gasteiger partial charge is 0.416 e. The van der Waals surface area contributed by atoms with Gasteiger partial charge in [0.05, 0.1) is 5.56 Å². The molecule has 23 heavy (non-hydrogen) atoms. The van der Waals surface area contributed by atoms with Crippen LogP contribution in [0.25, 0.3) is 0 Å². The number of ether oxygens (including phenoxy) is 1. The van der Waals surface area contributed by atoms with E-state index in [-0.39, 0.29) is 24.3 Å². The average molecular weight is 329 g/mol. The molecule has 0 heterocycles. The van der Waals surface area contributed by atoms with E-state index in [0.29, 0.717) is 5.92 Å². The summed E-state index contributed by atoms with van der Waals surface area (Å²) in [5, 5.41) is 0. The Morgan fingerprint density at radius 3 is 2.52 bits per heavy atom. The van der Waals surface area contributed by atoms with Crippen LogP contribution in [0.2, 0.25) is 0 Å². The van der Waals surface area contributed by atoms with E-state index >= 15 is 0 Å². The van der Waals surface area contributed by atoms with Crippen LogP contribution in [0.15, 0.2) is 24.3 Å². The van der Waals surface area contributed by atoms with Crippen molar-refractivity contribution < 1.29 is 22.7 Å². The molecule has 0 unspecified atom stereocenters. The highest BCUT2D eigenvalue weighted by Crippen LogP contribution is 2.31. The zero-order valence-corrected chi connectivity index (χ0v) is 13.4. The maximum Gasteiger partial charge on any atom is 0.416 e. The largest absolute Gasteiger partial charge is 0.484 e. The normalized spacial score (nSPS) is 21.8. The molecule has 0 saturated heterocycles. The Morgan fingerprint density at radius 2 is 1.91 bits per heavy atom. The summed E-state index contributed by atoms with van der Waals surface area (Å²) in [5.41, 5.74) is -0.780. The number of hydrogen-bond donors (Lipinski definition) is 0. The molecule has 0 spiro atoms. The van der Waals surface area contributed by atoms with E-state index < -0.39 is 11.7 Å². The number of likely N-dealkylation sites (N-methyl/N-ethyl adjacent to an activating group) is 1. The lowest BCUT2D eigenvalue weighted by Crippen LogP contribution is -2.41. The number of benzene rings is 1. The summed E-state index contributed by atoms with van der Waals surface area (Å²) in [6.45, 7) is 1.96. The second kappa shape index (κ2) is 7.23. The Balaban J connectivity index is 1.89. The summed E-state index contributed by atoms with van der Waals surface area (Å²) in [5.74, 6) is 0.539. The van der Waals surface area contributed by atoms with Crippen molar-refractivity contribution in [3.05, 3.63) is 29.8 Å². The van der Waals surface area contributed by atoms with Crippen LogP contribution in [-0.4, -0.2) is 30.5 Å². The summed E-state index contributed by atoms with van der Waals surface area (Å²) in [4.78, 5) is 13.8. The van der Waals surface area contributed by atoms with Crippen LogP contribution in [0.4, 0.5) is 13.2 Å². The van der Waals surface area contributed by atoms with Crippen molar-refractivity contribution in [2.75, 3.05) is 13.7 Å². The van der Waals surface area contributed by atoms with Crippen molar-refractivity contribution in [2.24, 2.45) is 5.92 Å². The van der Waals surface area contributed by atoms with Crippen molar-refractivity contribution in [3.63, 3.8) is 0 Å². The number of carbonyl (C=O) groups is 1. The van der Waals surface area contributed by atoms with Crippen molar-refractivity contribution in [1.82, 2.24) is 4.90 Å². The van der Waals surface area contributed by atoms with Crippen molar-refractivity contribution in [2.45, 2.75) is 44.8 Å². The molecule has 128 valence electrons.